The normalized spacial score (nSPS) is 25.3. The van der Waals surface area contributed by atoms with Crippen molar-refractivity contribution in [2.75, 3.05) is 26.8 Å². The molecule has 0 aromatic heterocycles. The predicted molar refractivity (Wildman–Crippen MR) is 39.0 cm³/mol. The molecular formula is C7H13NO3. The molecule has 0 radical (unpaired) electrons. The van der Waals surface area contributed by atoms with Crippen LogP contribution >= 0.6 is 0 Å². The van der Waals surface area contributed by atoms with E-state index in [4.69, 9.17) is 9.47 Å². The number of nitrogens with zero attached hydrogens (tertiary/aromatic N) is 1. The Bertz CT molecular complexity index is 149. The summed E-state index contributed by atoms with van der Waals surface area (Å²) < 4.78 is 10.1. The smallest absolute Gasteiger partial charge is 0.219 e. The number of morpholine rings is 1. The average molecular weight is 159 g/mol. The molecule has 0 bridgehead atoms. The topological polar surface area (TPSA) is 38.8 Å². The van der Waals surface area contributed by atoms with Crippen molar-refractivity contribution in [1.82, 2.24) is 4.90 Å². The molecule has 64 valence electrons. The van der Waals surface area contributed by atoms with E-state index in [0.717, 1.165) is 0 Å². The van der Waals surface area contributed by atoms with E-state index >= 15 is 0 Å². The number of hydrogen-bond donors (Lipinski definition) is 0. The summed E-state index contributed by atoms with van der Waals surface area (Å²) in [6.45, 7) is 3.34. The lowest BCUT2D eigenvalue weighted by molar-refractivity contribution is -0.173. The van der Waals surface area contributed by atoms with Crippen LogP contribution < -0.4 is 0 Å². The molecule has 0 spiro atoms. The number of ether oxygens (including phenoxy) is 2. The third-order valence-electron chi connectivity index (χ3n) is 1.74. The third kappa shape index (κ3) is 2.17. The van der Waals surface area contributed by atoms with Gasteiger partial charge in [0.1, 0.15) is 0 Å². The molecule has 0 saturated carbocycles. The SMILES string of the molecule is COC1CN(C(C)=O)CCO1. The van der Waals surface area contributed by atoms with Gasteiger partial charge in [0.15, 0.2) is 6.29 Å². The fraction of sp³-hybridized carbons (Fsp3) is 0.857. The molecule has 1 amide bonds. The van der Waals surface area contributed by atoms with Crippen LogP contribution in [0.15, 0.2) is 0 Å². The second kappa shape index (κ2) is 3.69. The predicted octanol–water partition coefficient (Wildman–Crippen LogP) is -0.162. The van der Waals surface area contributed by atoms with Crippen molar-refractivity contribution in [3.63, 3.8) is 0 Å². The van der Waals surface area contributed by atoms with E-state index in [0.29, 0.717) is 19.7 Å². The van der Waals surface area contributed by atoms with Crippen molar-refractivity contribution in [2.45, 2.75) is 13.2 Å². The maximum absolute atomic E-state index is 10.9. The van der Waals surface area contributed by atoms with Gasteiger partial charge in [0.2, 0.25) is 5.91 Å². The lowest BCUT2D eigenvalue weighted by atomic mass is 10.4. The summed E-state index contributed by atoms with van der Waals surface area (Å²) in [6, 6.07) is 0. The number of amides is 1. The van der Waals surface area contributed by atoms with Gasteiger partial charge in [0, 0.05) is 20.6 Å². The fourth-order valence-corrected chi connectivity index (χ4v) is 1.05. The molecule has 11 heavy (non-hydrogen) atoms. The molecule has 0 aromatic carbocycles. The van der Waals surface area contributed by atoms with E-state index in [1.54, 1.807) is 18.9 Å². The zero-order valence-electron chi connectivity index (χ0n) is 6.87. The molecule has 1 unspecified atom stereocenters. The van der Waals surface area contributed by atoms with Gasteiger partial charge in [0.05, 0.1) is 13.2 Å². The number of carbonyl (C=O) groups excluding carboxylic acids is 1. The molecule has 1 aliphatic heterocycles. The quantitative estimate of drug-likeness (QED) is 0.533. The van der Waals surface area contributed by atoms with Gasteiger partial charge in [-0.25, -0.2) is 0 Å². The van der Waals surface area contributed by atoms with Crippen LogP contribution in [-0.2, 0) is 14.3 Å². The van der Waals surface area contributed by atoms with E-state index in [1.807, 2.05) is 0 Å². The van der Waals surface area contributed by atoms with Gasteiger partial charge in [-0.15, -0.1) is 0 Å². The molecule has 1 saturated heterocycles. The first-order chi connectivity index (χ1) is 5.24. The first kappa shape index (κ1) is 8.49. The highest BCUT2D eigenvalue weighted by atomic mass is 16.7. The van der Waals surface area contributed by atoms with E-state index in [-0.39, 0.29) is 12.2 Å². The van der Waals surface area contributed by atoms with Gasteiger partial charge in [0.25, 0.3) is 0 Å². The standard InChI is InChI=1S/C7H13NO3/c1-6(9)8-3-4-11-7(5-8)10-2/h7H,3-5H2,1-2H3. The molecule has 0 aromatic rings. The summed E-state index contributed by atoms with van der Waals surface area (Å²) in [6.07, 6.45) is -0.243. The van der Waals surface area contributed by atoms with Crippen LogP contribution in [0, 0.1) is 0 Å². The van der Waals surface area contributed by atoms with Gasteiger partial charge >= 0.3 is 0 Å². The molecule has 0 N–H and O–H groups in total. The van der Waals surface area contributed by atoms with Crippen LogP contribution in [0.25, 0.3) is 0 Å². The number of hydrogen-bond acceptors (Lipinski definition) is 3. The minimum Gasteiger partial charge on any atom is -0.354 e. The Morgan fingerprint density at radius 3 is 3.00 bits per heavy atom. The Labute approximate surface area is 66.1 Å². The maximum Gasteiger partial charge on any atom is 0.219 e. The Morgan fingerprint density at radius 1 is 1.73 bits per heavy atom. The summed E-state index contributed by atoms with van der Waals surface area (Å²) in [4.78, 5) is 12.6. The first-order valence-electron chi connectivity index (χ1n) is 3.64. The van der Waals surface area contributed by atoms with Crippen molar-refractivity contribution >= 4 is 5.91 Å². The van der Waals surface area contributed by atoms with Gasteiger partial charge in [-0.1, -0.05) is 0 Å². The maximum atomic E-state index is 10.9. The fourth-order valence-electron chi connectivity index (χ4n) is 1.05. The first-order valence-corrected chi connectivity index (χ1v) is 3.64. The Kier molecular flexibility index (Phi) is 2.84. The van der Waals surface area contributed by atoms with Crippen molar-refractivity contribution < 1.29 is 14.3 Å². The summed E-state index contributed by atoms with van der Waals surface area (Å²) in [5, 5.41) is 0. The molecule has 1 fully saturated rings. The largest absolute Gasteiger partial charge is 0.354 e. The Balaban J connectivity index is 2.39. The second-order valence-corrected chi connectivity index (χ2v) is 2.50. The summed E-state index contributed by atoms with van der Waals surface area (Å²) in [5.41, 5.74) is 0. The van der Waals surface area contributed by atoms with E-state index in [9.17, 15) is 4.79 Å². The zero-order chi connectivity index (χ0) is 8.27. The van der Waals surface area contributed by atoms with Crippen molar-refractivity contribution in [3.05, 3.63) is 0 Å². The molecule has 4 heteroatoms. The van der Waals surface area contributed by atoms with Gasteiger partial charge in [-0.3, -0.25) is 4.79 Å². The Hall–Kier alpha value is -0.610. The molecule has 1 atom stereocenters. The van der Waals surface area contributed by atoms with Gasteiger partial charge in [-0.05, 0) is 0 Å². The Morgan fingerprint density at radius 2 is 2.45 bits per heavy atom. The molecule has 4 nitrogen and oxygen atoms in total. The van der Waals surface area contributed by atoms with Crippen LogP contribution in [0.2, 0.25) is 0 Å². The van der Waals surface area contributed by atoms with E-state index in [2.05, 4.69) is 0 Å². The molecule has 1 aliphatic rings. The number of carbonyl (C=O) groups is 1. The third-order valence-corrected chi connectivity index (χ3v) is 1.74. The molecule has 1 rings (SSSR count). The monoisotopic (exact) mass is 159 g/mol. The van der Waals surface area contributed by atoms with Crippen LogP contribution in [-0.4, -0.2) is 43.9 Å². The van der Waals surface area contributed by atoms with Gasteiger partial charge < -0.3 is 14.4 Å². The van der Waals surface area contributed by atoms with Crippen LogP contribution in [0.1, 0.15) is 6.92 Å². The summed E-state index contributed by atoms with van der Waals surface area (Å²) >= 11 is 0. The summed E-state index contributed by atoms with van der Waals surface area (Å²) in [5.74, 6) is 0.0790. The minimum atomic E-state index is -0.243. The van der Waals surface area contributed by atoms with E-state index < -0.39 is 0 Å². The highest BCUT2D eigenvalue weighted by molar-refractivity contribution is 5.73. The zero-order valence-corrected chi connectivity index (χ0v) is 6.87. The van der Waals surface area contributed by atoms with Crippen molar-refractivity contribution in [2.24, 2.45) is 0 Å². The van der Waals surface area contributed by atoms with Crippen LogP contribution in [0.3, 0.4) is 0 Å². The van der Waals surface area contributed by atoms with E-state index in [1.165, 1.54) is 0 Å². The minimum absolute atomic E-state index is 0.0790. The highest BCUT2D eigenvalue weighted by Gasteiger charge is 2.20. The highest BCUT2D eigenvalue weighted by Crippen LogP contribution is 2.04. The molecule has 1 heterocycles. The molecule has 0 aliphatic carbocycles. The molecular weight excluding hydrogens is 146 g/mol. The lowest BCUT2D eigenvalue weighted by Crippen LogP contribution is -2.45. The van der Waals surface area contributed by atoms with Crippen LogP contribution in [0.5, 0.6) is 0 Å². The number of rotatable bonds is 1. The number of methoxy groups -OCH3 is 1. The summed E-state index contributed by atoms with van der Waals surface area (Å²) in [7, 11) is 1.58. The van der Waals surface area contributed by atoms with Crippen molar-refractivity contribution in [3.8, 4) is 0 Å². The van der Waals surface area contributed by atoms with Crippen LogP contribution in [0.4, 0.5) is 0 Å². The van der Waals surface area contributed by atoms with Gasteiger partial charge in [-0.2, -0.15) is 0 Å². The lowest BCUT2D eigenvalue weighted by Gasteiger charge is -2.31. The second-order valence-electron chi connectivity index (χ2n) is 2.50. The average Bonchev–Trinajstić information content (AvgIpc) is 2.05. The van der Waals surface area contributed by atoms with Crippen molar-refractivity contribution in [1.29, 1.82) is 0 Å².